The number of likely N-dealkylation sites (tertiary alicyclic amines) is 1. The average Bonchev–Trinajstić information content (AvgIpc) is 3.31. The maximum absolute atomic E-state index is 13.3. The van der Waals surface area contributed by atoms with Crippen molar-refractivity contribution in [1.29, 1.82) is 0 Å². The lowest BCUT2D eigenvalue weighted by Crippen LogP contribution is -2.30. The summed E-state index contributed by atoms with van der Waals surface area (Å²) < 4.78 is 5.37. The van der Waals surface area contributed by atoms with Crippen LogP contribution in [-0.2, 0) is 4.79 Å². The largest absolute Gasteiger partial charge is 0.481 e. The van der Waals surface area contributed by atoms with E-state index in [0.717, 1.165) is 15.3 Å². The van der Waals surface area contributed by atoms with Crippen LogP contribution in [0.5, 0.6) is 0 Å². The van der Waals surface area contributed by atoms with E-state index in [1.807, 2.05) is 26.8 Å². The van der Waals surface area contributed by atoms with E-state index in [1.165, 1.54) is 0 Å². The van der Waals surface area contributed by atoms with Crippen LogP contribution in [0.1, 0.15) is 32.7 Å². The monoisotopic (exact) mass is 399 g/mol. The summed E-state index contributed by atoms with van der Waals surface area (Å²) in [6, 6.07) is 3.83. The van der Waals surface area contributed by atoms with Crippen molar-refractivity contribution in [1.82, 2.24) is 15.0 Å². The molecule has 2 atom stereocenters. The third-order valence-corrected chi connectivity index (χ3v) is 6.35. The normalized spacial score (nSPS) is 19.5. The summed E-state index contributed by atoms with van der Waals surface area (Å²) in [4.78, 5) is 33.2. The average molecular weight is 399 g/mol. The molecule has 1 N–H and O–H groups in total. The summed E-state index contributed by atoms with van der Waals surface area (Å²) in [7, 11) is 0. The second kappa shape index (κ2) is 6.70. The highest BCUT2D eigenvalue weighted by Crippen LogP contribution is 2.34. The predicted octanol–water partition coefficient (Wildman–Crippen LogP) is 3.67. The second-order valence-electron chi connectivity index (χ2n) is 7.46. The van der Waals surface area contributed by atoms with Crippen molar-refractivity contribution in [3.8, 4) is 11.3 Å². The number of fused-ring (bicyclic) bond motifs is 1. The quantitative estimate of drug-likeness (QED) is 0.722. The molecule has 0 bridgehead atoms. The summed E-state index contributed by atoms with van der Waals surface area (Å²) in [6.07, 6.45) is 0. The Morgan fingerprint density at radius 3 is 2.61 bits per heavy atom. The molecule has 28 heavy (non-hydrogen) atoms. The molecule has 0 spiro atoms. The molecule has 3 aromatic rings. The fourth-order valence-corrected chi connectivity index (χ4v) is 4.84. The molecule has 0 aliphatic carbocycles. The number of carboxylic acids is 1. The van der Waals surface area contributed by atoms with Crippen LogP contribution in [0.3, 0.4) is 0 Å². The van der Waals surface area contributed by atoms with E-state index < -0.39 is 11.9 Å². The van der Waals surface area contributed by atoms with Gasteiger partial charge in [-0.3, -0.25) is 9.59 Å². The number of aryl methyl sites for hydroxylation is 3. The maximum atomic E-state index is 13.3. The molecule has 0 radical (unpaired) electrons. The molecule has 1 saturated heterocycles. The molecule has 3 aromatic heterocycles. The molecule has 8 heteroatoms. The number of rotatable bonds is 3. The Hall–Kier alpha value is -2.74. The van der Waals surface area contributed by atoms with Gasteiger partial charge in [0.05, 0.1) is 28.3 Å². The zero-order valence-corrected chi connectivity index (χ0v) is 17.0. The number of carboxylic acid groups (broad SMARTS) is 1. The number of amides is 1. The van der Waals surface area contributed by atoms with E-state index in [-0.39, 0.29) is 18.4 Å². The number of hydrogen-bond acceptors (Lipinski definition) is 6. The van der Waals surface area contributed by atoms with Gasteiger partial charge in [0.2, 0.25) is 0 Å². The van der Waals surface area contributed by atoms with Gasteiger partial charge in [-0.2, -0.15) is 0 Å². The van der Waals surface area contributed by atoms with E-state index in [2.05, 4.69) is 10.1 Å². The molecule has 0 saturated carbocycles. The summed E-state index contributed by atoms with van der Waals surface area (Å²) in [5, 5.41) is 14.0. The number of hydrogen-bond donors (Lipinski definition) is 1. The third kappa shape index (κ3) is 2.97. The molecule has 1 aliphatic rings. The Kier molecular flexibility index (Phi) is 4.45. The van der Waals surface area contributed by atoms with E-state index in [9.17, 15) is 14.7 Å². The van der Waals surface area contributed by atoms with Crippen molar-refractivity contribution in [3.63, 3.8) is 0 Å². The van der Waals surface area contributed by atoms with Gasteiger partial charge in [0.15, 0.2) is 0 Å². The highest BCUT2D eigenvalue weighted by Gasteiger charge is 2.38. The van der Waals surface area contributed by atoms with E-state index >= 15 is 0 Å². The van der Waals surface area contributed by atoms with Gasteiger partial charge in [-0.15, -0.1) is 11.3 Å². The lowest BCUT2D eigenvalue weighted by Gasteiger charge is -2.17. The van der Waals surface area contributed by atoms with Gasteiger partial charge < -0.3 is 14.5 Å². The Bertz CT molecular complexity index is 1100. The molecular weight excluding hydrogens is 378 g/mol. The molecule has 0 aromatic carbocycles. The summed E-state index contributed by atoms with van der Waals surface area (Å²) in [6.45, 7) is 8.30. The van der Waals surface area contributed by atoms with Crippen molar-refractivity contribution < 1.29 is 19.2 Å². The molecule has 146 valence electrons. The number of aliphatic carboxylic acids is 1. The molecule has 0 unspecified atom stereocenters. The molecule has 7 nitrogen and oxygen atoms in total. The Morgan fingerprint density at radius 2 is 2.00 bits per heavy atom. The predicted molar refractivity (Wildman–Crippen MR) is 106 cm³/mol. The number of nitrogens with zero attached hydrogens (tertiary/aromatic N) is 3. The SMILES string of the molecule is Cc1cc(-c2cc(C(=O)N3C[C@@H](C)[C@H](C(=O)O)C3)c3c(C)noc3n2)c(C)s1. The summed E-state index contributed by atoms with van der Waals surface area (Å²) in [5.74, 6) is -1.72. The van der Waals surface area contributed by atoms with Gasteiger partial charge in [0, 0.05) is 28.4 Å². The highest BCUT2D eigenvalue weighted by atomic mass is 32.1. The number of thiophene rings is 1. The molecule has 4 rings (SSSR count). The van der Waals surface area contributed by atoms with Gasteiger partial charge in [-0.25, -0.2) is 4.98 Å². The minimum atomic E-state index is -0.867. The van der Waals surface area contributed by atoms with Gasteiger partial charge in [-0.1, -0.05) is 12.1 Å². The summed E-state index contributed by atoms with van der Waals surface area (Å²) >= 11 is 1.67. The van der Waals surface area contributed by atoms with Crippen molar-refractivity contribution >= 4 is 34.3 Å². The fraction of sp³-hybridized carbons (Fsp3) is 0.400. The van der Waals surface area contributed by atoms with Crippen molar-refractivity contribution in [3.05, 3.63) is 33.1 Å². The van der Waals surface area contributed by atoms with Crippen molar-refractivity contribution in [2.75, 3.05) is 13.1 Å². The second-order valence-corrected chi connectivity index (χ2v) is 8.92. The van der Waals surface area contributed by atoms with Crippen LogP contribution in [0.15, 0.2) is 16.7 Å². The van der Waals surface area contributed by atoms with Gasteiger partial charge in [0.1, 0.15) is 0 Å². The topological polar surface area (TPSA) is 96.5 Å². The van der Waals surface area contributed by atoms with Crippen LogP contribution in [0.2, 0.25) is 0 Å². The van der Waals surface area contributed by atoms with Gasteiger partial charge >= 0.3 is 5.97 Å². The molecule has 1 fully saturated rings. The number of carbonyl (C=O) groups excluding carboxylic acids is 1. The molecule has 1 amide bonds. The smallest absolute Gasteiger partial charge is 0.308 e. The maximum Gasteiger partial charge on any atom is 0.308 e. The molecule has 4 heterocycles. The lowest BCUT2D eigenvalue weighted by molar-refractivity contribution is -0.142. The number of pyridine rings is 1. The molecule has 1 aliphatic heterocycles. The first-order chi connectivity index (χ1) is 13.3. The standard InChI is InChI=1S/C20H21N3O4S/c1-9-7-23(8-15(9)20(25)26)19(24)14-6-16(13-5-10(2)28-12(13)4)21-18-17(14)11(3)22-27-18/h5-6,9,15H,7-8H2,1-4H3,(H,25,26)/t9-,15-/m1/s1. The minimum Gasteiger partial charge on any atom is -0.481 e. The van der Waals surface area contributed by atoms with E-state index in [0.29, 0.717) is 34.6 Å². The lowest BCUT2D eigenvalue weighted by atomic mass is 9.99. The number of aromatic nitrogens is 2. The van der Waals surface area contributed by atoms with Gasteiger partial charge in [0.25, 0.3) is 11.6 Å². The van der Waals surface area contributed by atoms with E-state index in [4.69, 9.17) is 4.52 Å². The van der Waals surface area contributed by atoms with Crippen LogP contribution in [0.25, 0.3) is 22.4 Å². The Balaban J connectivity index is 1.82. The van der Waals surface area contributed by atoms with Crippen LogP contribution in [0, 0.1) is 32.6 Å². The van der Waals surface area contributed by atoms with E-state index in [1.54, 1.807) is 29.2 Å². The Morgan fingerprint density at radius 1 is 1.25 bits per heavy atom. The van der Waals surface area contributed by atoms with Crippen LogP contribution in [0.4, 0.5) is 0 Å². The minimum absolute atomic E-state index is 0.0939. The van der Waals surface area contributed by atoms with Crippen LogP contribution < -0.4 is 0 Å². The van der Waals surface area contributed by atoms with Crippen molar-refractivity contribution in [2.45, 2.75) is 27.7 Å². The zero-order valence-electron chi connectivity index (χ0n) is 16.1. The van der Waals surface area contributed by atoms with Crippen LogP contribution in [-0.4, -0.2) is 45.1 Å². The Labute approximate surface area is 166 Å². The first-order valence-corrected chi connectivity index (χ1v) is 9.94. The van der Waals surface area contributed by atoms with Crippen molar-refractivity contribution in [2.24, 2.45) is 11.8 Å². The number of carbonyl (C=O) groups is 2. The summed E-state index contributed by atoms with van der Waals surface area (Å²) in [5.41, 5.74) is 3.00. The molecular formula is C20H21N3O4S. The first-order valence-electron chi connectivity index (χ1n) is 9.12. The zero-order chi connectivity index (χ0) is 20.2. The van der Waals surface area contributed by atoms with Gasteiger partial charge in [-0.05, 0) is 38.8 Å². The fourth-order valence-electron chi connectivity index (χ4n) is 3.91. The first kappa shape index (κ1) is 18.6. The van der Waals surface area contributed by atoms with Crippen LogP contribution >= 0.6 is 11.3 Å². The highest BCUT2D eigenvalue weighted by molar-refractivity contribution is 7.12. The third-order valence-electron chi connectivity index (χ3n) is 5.38.